The molecule has 1 aromatic carbocycles. The number of nitrogens with one attached hydrogen (secondary N) is 1. The van der Waals surface area contributed by atoms with Crippen molar-refractivity contribution < 1.29 is 0 Å². The number of hydrogen-bond donors (Lipinski definition) is 2. The molecule has 0 atom stereocenters. The molecule has 0 aliphatic heterocycles. The van der Waals surface area contributed by atoms with Crippen LogP contribution >= 0.6 is 0 Å². The fourth-order valence-corrected chi connectivity index (χ4v) is 2.37. The van der Waals surface area contributed by atoms with Gasteiger partial charge in [0.15, 0.2) is 0 Å². The molecule has 0 amide bonds. The van der Waals surface area contributed by atoms with Crippen molar-refractivity contribution in [1.82, 2.24) is 9.55 Å². The minimum Gasteiger partial charge on any atom is -0.382 e. The normalized spacial score (nSPS) is 22.5. The molecule has 0 saturated heterocycles. The summed E-state index contributed by atoms with van der Waals surface area (Å²) in [5, 5.41) is 3.52. The number of nitrogens with two attached hydrogens (primary N) is 1. The topological polar surface area (TPSA) is 55.9 Å². The van der Waals surface area contributed by atoms with E-state index in [1.807, 2.05) is 12.5 Å². The van der Waals surface area contributed by atoms with Crippen LogP contribution < -0.4 is 11.1 Å². The number of anilines is 1. The van der Waals surface area contributed by atoms with Crippen molar-refractivity contribution in [2.24, 2.45) is 5.73 Å². The van der Waals surface area contributed by atoms with Gasteiger partial charge in [-0.1, -0.05) is 12.1 Å². The zero-order valence-corrected chi connectivity index (χ0v) is 10.3. The fourth-order valence-electron chi connectivity index (χ4n) is 2.37. The van der Waals surface area contributed by atoms with E-state index in [0.29, 0.717) is 12.1 Å². The lowest BCUT2D eigenvalue weighted by Crippen LogP contribution is -2.44. The van der Waals surface area contributed by atoms with Crippen LogP contribution in [0, 0.1) is 0 Å². The molecule has 1 aromatic heterocycles. The quantitative estimate of drug-likeness (QED) is 0.860. The maximum atomic E-state index is 5.79. The molecule has 94 valence electrons. The average molecular weight is 242 g/mol. The third-order valence-electron chi connectivity index (χ3n) is 3.40. The van der Waals surface area contributed by atoms with Crippen LogP contribution in [0.5, 0.6) is 0 Å². The highest BCUT2D eigenvalue weighted by Crippen LogP contribution is 2.23. The molecule has 3 rings (SSSR count). The number of aromatic nitrogens is 2. The van der Waals surface area contributed by atoms with E-state index in [-0.39, 0.29) is 0 Å². The van der Waals surface area contributed by atoms with E-state index in [1.165, 1.54) is 11.3 Å². The Morgan fingerprint density at radius 3 is 3.00 bits per heavy atom. The van der Waals surface area contributed by atoms with E-state index < -0.39 is 0 Å². The highest BCUT2D eigenvalue weighted by atomic mass is 15.0. The van der Waals surface area contributed by atoms with Crippen molar-refractivity contribution in [1.29, 1.82) is 0 Å². The summed E-state index contributed by atoms with van der Waals surface area (Å²) in [6.45, 7) is 0.861. The standard InChI is InChI=1S/C14H18N4/c15-12-7-14(8-12)17-13-3-1-2-11(6-13)9-18-5-4-16-10-18/h1-6,10,12,14,17H,7-9,15H2. The minimum atomic E-state index is 0.386. The van der Waals surface area contributed by atoms with Gasteiger partial charge in [0.05, 0.1) is 6.33 Å². The van der Waals surface area contributed by atoms with E-state index in [4.69, 9.17) is 5.73 Å². The van der Waals surface area contributed by atoms with Gasteiger partial charge in [-0.2, -0.15) is 0 Å². The molecule has 1 saturated carbocycles. The Balaban J connectivity index is 1.65. The highest BCUT2D eigenvalue weighted by Gasteiger charge is 2.25. The summed E-state index contributed by atoms with van der Waals surface area (Å²) in [4.78, 5) is 4.05. The van der Waals surface area contributed by atoms with Gasteiger partial charge in [-0.25, -0.2) is 4.98 Å². The molecule has 0 spiro atoms. The molecule has 4 heteroatoms. The van der Waals surface area contributed by atoms with E-state index in [0.717, 1.165) is 19.4 Å². The molecule has 3 N–H and O–H groups in total. The molecule has 1 heterocycles. The van der Waals surface area contributed by atoms with Crippen molar-refractivity contribution in [3.63, 3.8) is 0 Å². The smallest absolute Gasteiger partial charge is 0.0949 e. The van der Waals surface area contributed by atoms with Crippen LogP contribution in [0.25, 0.3) is 0 Å². The molecular weight excluding hydrogens is 224 g/mol. The van der Waals surface area contributed by atoms with Gasteiger partial charge < -0.3 is 15.6 Å². The van der Waals surface area contributed by atoms with Gasteiger partial charge in [0.2, 0.25) is 0 Å². The zero-order valence-electron chi connectivity index (χ0n) is 10.3. The number of benzene rings is 1. The lowest BCUT2D eigenvalue weighted by atomic mass is 9.87. The van der Waals surface area contributed by atoms with Crippen molar-refractivity contribution in [2.75, 3.05) is 5.32 Å². The van der Waals surface area contributed by atoms with E-state index in [1.54, 1.807) is 6.20 Å². The number of hydrogen-bond acceptors (Lipinski definition) is 3. The summed E-state index contributed by atoms with van der Waals surface area (Å²) < 4.78 is 2.07. The lowest BCUT2D eigenvalue weighted by Gasteiger charge is -2.33. The summed E-state index contributed by atoms with van der Waals surface area (Å²) in [6, 6.07) is 9.47. The second-order valence-corrected chi connectivity index (χ2v) is 5.01. The summed E-state index contributed by atoms with van der Waals surface area (Å²) in [6.07, 6.45) is 7.77. The largest absolute Gasteiger partial charge is 0.382 e. The van der Waals surface area contributed by atoms with Crippen molar-refractivity contribution in [3.8, 4) is 0 Å². The lowest BCUT2D eigenvalue weighted by molar-refractivity contribution is 0.373. The van der Waals surface area contributed by atoms with Gasteiger partial charge >= 0.3 is 0 Å². The number of rotatable bonds is 4. The third kappa shape index (κ3) is 2.54. The molecule has 2 aromatic rings. The van der Waals surface area contributed by atoms with Gasteiger partial charge in [-0.05, 0) is 30.5 Å². The molecule has 4 nitrogen and oxygen atoms in total. The predicted octanol–water partition coefficient (Wildman–Crippen LogP) is 1.83. The van der Waals surface area contributed by atoms with E-state index >= 15 is 0 Å². The van der Waals surface area contributed by atoms with Crippen molar-refractivity contribution in [3.05, 3.63) is 48.5 Å². The first-order chi connectivity index (χ1) is 8.79. The van der Waals surface area contributed by atoms with Gasteiger partial charge in [-0.15, -0.1) is 0 Å². The monoisotopic (exact) mass is 242 g/mol. The summed E-state index contributed by atoms with van der Waals surface area (Å²) >= 11 is 0. The van der Waals surface area contributed by atoms with Crippen LogP contribution in [0.3, 0.4) is 0 Å². The Morgan fingerprint density at radius 2 is 2.28 bits per heavy atom. The van der Waals surface area contributed by atoms with Crippen LogP contribution in [0.1, 0.15) is 18.4 Å². The van der Waals surface area contributed by atoms with Gasteiger partial charge in [0.1, 0.15) is 0 Å². The number of nitrogens with zero attached hydrogens (tertiary/aromatic N) is 2. The first-order valence-electron chi connectivity index (χ1n) is 6.36. The Hall–Kier alpha value is -1.81. The zero-order chi connectivity index (χ0) is 12.4. The summed E-state index contributed by atoms with van der Waals surface area (Å²) in [7, 11) is 0. The molecule has 1 aliphatic rings. The maximum absolute atomic E-state index is 5.79. The third-order valence-corrected chi connectivity index (χ3v) is 3.40. The molecule has 0 unspecified atom stereocenters. The van der Waals surface area contributed by atoms with Gasteiger partial charge in [0.25, 0.3) is 0 Å². The molecule has 0 radical (unpaired) electrons. The SMILES string of the molecule is NC1CC(Nc2cccc(Cn3ccnc3)c2)C1. The van der Waals surface area contributed by atoms with E-state index in [9.17, 15) is 0 Å². The fraction of sp³-hybridized carbons (Fsp3) is 0.357. The van der Waals surface area contributed by atoms with E-state index in [2.05, 4.69) is 39.1 Å². The molecule has 18 heavy (non-hydrogen) atoms. The second kappa shape index (κ2) is 4.82. The Morgan fingerprint density at radius 1 is 1.39 bits per heavy atom. The van der Waals surface area contributed by atoms with Crippen molar-refractivity contribution in [2.45, 2.75) is 31.5 Å². The molecular formula is C14H18N4. The Bertz CT molecular complexity index is 500. The van der Waals surface area contributed by atoms with Crippen LogP contribution in [0.4, 0.5) is 5.69 Å². The second-order valence-electron chi connectivity index (χ2n) is 5.01. The first kappa shape index (κ1) is 11.3. The Labute approximate surface area is 107 Å². The maximum Gasteiger partial charge on any atom is 0.0949 e. The van der Waals surface area contributed by atoms with Crippen LogP contribution in [0.15, 0.2) is 43.0 Å². The van der Waals surface area contributed by atoms with Crippen LogP contribution in [-0.2, 0) is 6.54 Å². The first-order valence-corrected chi connectivity index (χ1v) is 6.36. The highest BCUT2D eigenvalue weighted by molar-refractivity contribution is 5.47. The van der Waals surface area contributed by atoms with Crippen molar-refractivity contribution >= 4 is 5.69 Å². The predicted molar refractivity (Wildman–Crippen MR) is 72.4 cm³/mol. The van der Waals surface area contributed by atoms with Gasteiger partial charge in [0, 0.05) is 36.7 Å². The Kier molecular flexibility index (Phi) is 3.02. The minimum absolute atomic E-state index is 0.386. The summed E-state index contributed by atoms with van der Waals surface area (Å²) in [5.41, 5.74) is 8.26. The summed E-state index contributed by atoms with van der Waals surface area (Å²) in [5.74, 6) is 0. The van der Waals surface area contributed by atoms with Crippen LogP contribution in [-0.4, -0.2) is 21.6 Å². The van der Waals surface area contributed by atoms with Crippen LogP contribution in [0.2, 0.25) is 0 Å². The van der Waals surface area contributed by atoms with Gasteiger partial charge in [-0.3, -0.25) is 0 Å². The molecule has 1 aliphatic carbocycles. The average Bonchev–Trinajstić information content (AvgIpc) is 2.80. The molecule has 0 bridgehead atoms. The number of imidazole rings is 1. The molecule has 1 fully saturated rings.